The molecule has 0 aliphatic heterocycles. The van der Waals surface area contributed by atoms with Gasteiger partial charge in [-0.1, -0.05) is 47.1 Å². The average molecular weight is 386 g/mol. The Labute approximate surface area is 160 Å². The zero-order valence-electron chi connectivity index (χ0n) is 13.8. The Balaban J connectivity index is 1.68. The summed E-state index contributed by atoms with van der Waals surface area (Å²) >= 11 is 7.69. The van der Waals surface area contributed by atoms with Crippen LogP contribution in [0.25, 0.3) is 11.4 Å². The van der Waals surface area contributed by atoms with Crippen molar-refractivity contribution in [2.75, 3.05) is 5.75 Å². The zero-order valence-corrected chi connectivity index (χ0v) is 15.4. The van der Waals surface area contributed by atoms with Gasteiger partial charge in [0, 0.05) is 16.2 Å². The standard InChI is InChI=1S/C19H16ClN3O2S/c1-2-11-26-16-10-6-4-8-14(16)19(24)21-12-17-22-18(23-25-17)13-7-3-5-9-15(13)20/h2-10H,1,11-12H2,(H,21,24). The van der Waals surface area contributed by atoms with Crippen LogP contribution < -0.4 is 5.32 Å². The van der Waals surface area contributed by atoms with Crippen LogP contribution in [-0.2, 0) is 6.54 Å². The van der Waals surface area contributed by atoms with E-state index in [0.29, 0.717) is 27.9 Å². The molecule has 0 bridgehead atoms. The lowest BCUT2D eigenvalue weighted by Gasteiger charge is -2.07. The number of nitrogens with zero attached hydrogens (tertiary/aromatic N) is 2. The third-order valence-electron chi connectivity index (χ3n) is 3.47. The molecule has 0 spiro atoms. The fourth-order valence-electron chi connectivity index (χ4n) is 2.26. The molecule has 1 amide bonds. The second-order valence-corrected chi connectivity index (χ2v) is 6.74. The molecule has 7 heteroatoms. The lowest BCUT2D eigenvalue weighted by molar-refractivity contribution is 0.0943. The molecule has 3 aromatic rings. The van der Waals surface area contributed by atoms with Gasteiger partial charge < -0.3 is 9.84 Å². The number of carbonyl (C=O) groups excluding carboxylic acids is 1. The van der Waals surface area contributed by atoms with Crippen molar-refractivity contribution in [1.82, 2.24) is 15.5 Å². The predicted molar refractivity (Wildman–Crippen MR) is 103 cm³/mol. The summed E-state index contributed by atoms with van der Waals surface area (Å²) in [6, 6.07) is 14.7. The van der Waals surface area contributed by atoms with E-state index in [1.165, 1.54) is 0 Å². The number of thioether (sulfide) groups is 1. The Bertz CT molecular complexity index is 926. The van der Waals surface area contributed by atoms with E-state index < -0.39 is 0 Å². The van der Waals surface area contributed by atoms with E-state index in [0.717, 1.165) is 10.6 Å². The van der Waals surface area contributed by atoms with Crippen LogP contribution in [0.1, 0.15) is 16.2 Å². The number of halogens is 1. The van der Waals surface area contributed by atoms with Crippen LogP contribution in [0.3, 0.4) is 0 Å². The molecule has 0 fully saturated rings. The molecule has 0 unspecified atom stereocenters. The Morgan fingerprint density at radius 2 is 2.00 bits per heavy atom. The molecule has 0 saturated heterocycles. The molecule has 0 atom stereocenters. The van der Waals surface area contributed by atoms with E-state index in [4.69, 9.17) is 16.1 Å². The number of hydrogen-bond acceptors (Lipinski definition) is 5. The number of nitrogens with one attached hydrogen (secondary N) is 1. The van der Waals surface area contributed by atoms with Gasteiger partial charge in [0.25, 0.3) is 5.91 Å². The minimum atomic E-state index is -0.199. The molecular weight excluding hydrogens is 370 g/mol. The minimum absolute atomic E-state index is 0.136. The molecule has 1 aromatic heterocycles. The first-order valence-corrected chi connectivity index (χ1v) is 9.24. The van der Waals surface area contributed by atoms with Crippen molar-refractivity contribution >= 4 is 29.3 Å². The van der Waals surface area contributed by atoms with Gasteiger partial charge in [-0.15, -0.1) is 18.3 Å². The summed E-state index contributed by atoms with van der Waals surface area (Å²) in [5.41, 5.74) is 1.28. The third-order valence-corrected chi connectivity index (χ3v) is 4.87. The van der Waals surface area contributed by atoms with Crippen LogP contribution in [0.5, 0.6) is 0 Å². The molecule has 26 heavy (non-hydrogen) atoms. The highest BCUT2D eigenvalue weighted by Gasteiger charge is 2.14. The fraction of sp³-hybridized carbons (Fsp3) is 0.105. The smallest absolute Gasteiger partial charge is 0.252 e. The number of rotatable bonds is 7. The predicted octanol–water partition coefficient (Wildman–Crippen LogP) is 4.60. The highest BCUT2D eigenvalue weighted by atomic mass is 35.5. The SMILES string of the molecule is C=CCSc1ccccc1C(=O)NCc1nc(-c2ccccc2Cl)no1. The van der Waals surface area contributed by atoms with Crippen LogP contribution in [0, 0.1) is 0 Å². The van der Waals surface area contributed by atoms with Gasteiger partial charge in [-0.05, 0) is 24.3 Å². The maximum Gasteiger partial charge on any atom is 0.252 e. The summed E-state index contributed by atoms with van der Waals surface area (Å²) < 4.78 is 5.20. The lowest BCUT2D eigenvalue weighted by Crippen LogP contribution is -2.23. The summed E-state index contributed by atoms with van der Waals surface area (Å²) in [6.45, 7) is 3.84. The van der Waals surface area contributed by atoms with Crippen LogP contribution in [0.15, 0.2) is 70.6 Å². The quantitative estimate of drug-likeness (QED) is 0.475. The molecule has 0 aliphatic rings. The number of benzene rings is 2. The summed E-state index contributed by atoms with van der Waals surface area (Å²) in [5, 5.41) is 7.26. The van der Waals surface area contributed by atoms with Crippen molar-refractivity contribution < 1.29 is 9.32 Å². The van der Waals surface area contributed by atoms with Gasteiger partial charge >= 0.3 is 0 Å². The number of carbonyl (C=O) groups is 1. The first-order chi connectivity index (χ1) is 12.7. The number of hydrogen-bond donors (Lipinski definition) is 1. The maximum atomic E-state index is 12.5. The highest BCUT2D eigenvalue weighted by Crippen LogP contribution is 2.25. The molecule has 3 rings (SSSR count). The molecule has 1 N–H and O–H groups in total. The van der Waals surface area contributed by atoms with Gasteiger partial charge in [0.2, 0.25) is 11.7 Å². The topological polar surface area (TPSA) is 68.0 Å². The fourth-order valence-corrected chi connectivity index (χ4v) is 3.27. The maximum absolute atomic E-state index is 12.5. The van der Waals surface area contributed by atoms with Crippen LogP contribution in [0.4, 0.5) is 0 Å². The number of aromatic nitrogens is 2. The first-order valence-electron chi connectivity index (χ1n) is 7.87. The van der Waals surface area contributed by atoms with Crippen LogP contribution in [-0.4, -0.2) is 21.8 Å². The molecular formula is C19H16ClN3O2S. The van der Waals surface area contributed by atoms with Crippen LogP contribution >= 0.6 is 23.4 Å². The van der Waals surface area contributed by atoms with E-state index >= 15 is 0 Å². The van der Waals surface area contributed by atoms with Gasteiger partial charge in [-0.25, -0.2) is 0 Å². The summed E-state index contributed by atoms with van der Waals surface area (Å²) in [6.07, 6.45) is 1.80. The second-order valence-electron chi connectivity index (χ2n) is 5.27. The molecule has 2 aromatic carbocycles. The monoisotopic (exact) mass is 385 g/mol. The van der Waals surface area contributed by atoms with E-state index in [1.807, 2.05) is 36.4 Å². The van der Waals surface area contributed by atoms with Gasteiger partial charge in [0.15, 0.2) is 0 Å². The van der Waals surface area contributed by atoms with Crippen molar-refractivity contribution in [2.24, 2.45) is 0 Å². The first kappa shape index (κ1) is 18.2. The Hall–Kier alpha value is -2.57. The van der Waals surface area contributed by atoms with Crippen molar-refractivity contribution in [3.8, 4) is 11.4 Å². The molecule has 5 nitrogen and oxygen atoms in total. The van der Waals surface area contributed by atoms with Crippen molar-refractivity contribution in [1.29, 1.82) is 0 Å². The average Bonchev–Trinajstić information content (AvgIpc) is 3.14. The van der Waals surface area contributed by atoms with E-state index in [9.17, 15) is 4.79 Å². The Morgan fingerprint density at radius 3 is 2.81 bits per heavy atom. The molecule has 0 radical (unpaired) electrons. The molecule has 1 heterocycles. The second kappa shape index (κ2) is 8.69. The largest absolute Gasteiger partial charge is 0.343 e. The van der Waals surface area contributed by atoms with Crippen molar-refractivity contribution in [3.63, 3.8) is 0 Å². The molecule has 0 aliphatic carbocycles. The summed E-state index contributed by atoms with van der Waals surface area (Å²) in [5.74, 6) is 1.23. The molecule has 0 saturated carbocycles. The van der Waals surface area contributed by atoms with E-state index in [-0.39, 0.29) is 12.5 Å². The van der Waals surface area contributed by atoms with Crippen LogP contribution in [0.2, 0.25) is 5.02 Å². The summed E-state index contributed by atoms with van der Waals surface area (Å²) in [7, 11) is 0. The van der Waals surface area contributed by atoms with Crippen molar-refractivity contribution in [2.45, 2.75) is 11.4 Å². The van der Waals surface area contributed by atoms with Gasteiger partial charge in [-0.2, -0.15) is 4.98 Å². The van der Waals surface area contributed by atoms with E-state index in [2.05, 4.69) is 22.0 Å². The normalized spacial score (nSPS) is 10.5. The Morgan fingerprint density at radius 1 is 1.23 bits per heavy atom. The van der Waals surface area contributed by atoms with Gasteiger partial charge in [0.05, 0.1) is 17.1 Å². The summed E-state index contributed by atoms with van der Waals surface area (Å²) in [4.78, 5) is 17.7. The van der Waals surface area contributed by atoms with Crippen molar-refractivity contribution in [3.05, 3.63) is 77.7 Å². The molecule has 132 valence electrons. The lowest BCUT2D eigenvalue weighted by atomic mass is 10.2. The Kier molecular flexibility index (Phi) is 6.09. The highest BCUT2D eigenvalue weighted by molar-refractivity contribution is 7.99. The van der Waals surface area contributed by atoms with Gasteiger partial charge in [0.1, 0.15) is 0 Å². The van der Waals surface area contributed by atoms with E-state index in [1.54, 1.807) is 30.0 Å². The minimum Gasteiger partial charge on any atom is -0.343 e. The van der Waals surface area contributed by atoms with Gasteiger partial charge in [-0.3, -0.25) is 4.79 Å². The third kappa shape index (κ3) is 4.33. The zero-order chi connectivity index (χ0) is 18.4. The number of amides is 1.